The van der Waals surface area contributed by atoms with E-state index in [9.17, 15) is 67.7 Å². The number of benzene rings is 2. The Hall–Kier alpha value is -8.08. The summed E-state index contributed by atoms with van der Waals surface area (Å²) in [6, 6.07) is 1.16. The Morgan fingerprint density at radius 3 is 1.00 bits per heavy atom. The van der Waals surface area contributed by atoms with E-state index < -0.39 is 168 Å². The van der Waals surface area contributed by atoms with Crippen LogP contribution in [0, 0.1) is 23.7 Å². The lowest BCUT2D eigenvalue weighted by Gasteiger charge is -2.32. The Bertz CT molecular complexity index is 2710. The molecule has 2 aromatic carbocycles. The highest BCUT2D eigenvalue weighted by Crippen LogP contribution is 2.23. The molecule has 94 heavy (non-hydrogen) atoms. The van der Waals surface area contributed by atoms with Crippen molar-refractivity contribution in [1.29, 1.82) is 0 Å². The average molecular weight is 1320 g/mol. The monoisotopic (exact) mass is 1310 g/mol. The molecule has 0 bridgehead atoms. The molecule has 16 N–H and O–H groups in total. The number of carbonyl (C=O) groups excluding carboxylic acids is 12. The lowest BCUT2D eigenvalue weighted by molar-refractivity contribution is -0.143. The lowest BCUT2D eigenvalue weighted by Crippen LogP contribution is -2.62. The highest BCUT2D eigenvalue weighted by atomic mass is 16.3. The summed E-state index contributed by atoms with van der Waals surface area (Å²) in [5.41, 5.74) is 13.1. The van der Waals surface area contributed by atoms with Crippen LogP contribution in [0.15, 0.2) is 60.7 Å². The molecule has 3 aliphatic rings. The molecular weight excluding hydrogens is 1210 g/mol. The van der Waals surface area contributed by atoms with Crippen LogP contribution in [0.3, 0.4) is 0 Å². The van der Waals surface area contributed by atoms with Crippen molar-refractivity contribution in [3.05, 3.63) is 71.8 Å². The molecule has 3 aliphatic heterocycles. The molecule has 12 atom stereocenters. The Morgan fingerprint density at radius 2 is 0.691 bits per heavy atom. The fraction of sp³-hybridized carbons (Fsp3) is 0.636. The van der Waals surface area contributed by atoms with E-state index >= 15 is 0 Å². The molecule has 0 radical (unpaired) electrons. The summed E-state index contributed by atoms with van der Waals surface area (Å²) < 4.78 is 0. The highest BCUT2D eigenvalue weighted by Gasteiger charge is 2.43. The van der Waals surface area contributed by atoms with Gasteiger partial charge in [0.1, 0.15) is 72.5 Å². The summed E-state index contributed by atoms with van der Waals surface area (Å²) in [5, 5.41) is 48.2. The smallest absolute Gasteiger partial charge is 0.246 e. The maximum Gasteiger partial charge on any atom is 0.246 e. The van der Waals surface area contributed by atoms with Gasteiger partial charge in [-0.05, 0) is 112 Å². The number of fused-ring (bicyclic) bond motifs is 2. The molecule has 0 aromatic heterocycles. The maximum atomic E-state index is 14.9. The van der Waals surface area contributed by atoms with Crippen molar-refractivity contribution in [3.63, 3.8) is 0 Å². The molecule has 0 unspecified atom stereocenters. The van der Waals surface area contributed by atoms with Gasteiger partial charge < -0.3 is 84.6 Å². The largest absolute Gasteiger partial charge is 0.394 e. The molecule has 28 nitrogen and oxygen atoms in total. The molecule has 3 fully saturated rings. The van der Waals surface area contributed by atoms with E-state index in [4.69, 9.17) is 11.5 Å². The van der Waals surface area contributed by atoms with Gasteiger partial charge >= 0.3 is 0 Å². The molecule has 2 aromatic rings. The van der Waals surface area contributed by atoms with Crippen LogP contribution < -0.4 is 64.6 Å². The van der Waals surface area contributed by atoms with Crippen LogP contribution in [-0.4, -0.2) is 203 Å². The number of nitrogens with zero attached hydrogens (tertiary/aromatic N) is 2. The Kier molecular flexibility index (Phi) is 30.7. The van der Waals surface area contributed by atoms with Gasteiger partial charge in [-0.25, -0.2) is 0 Å². The first-order valence-electron chi connectivity index (χ1n) is 33.1. The summed E-state index contributed by atoms with van der Waals surface area (Å²) in [6.07, 6.45) is 1.31. The molecular formula is C66H102N14O14. The lowest BCUT2D eigenvalue weighted by atomic mass is 9.99. The van der Waals surface area contributed by atoms with Crippen molar-refractivity contribution in [1.82, 2.24) is 63.0 Å². The number of nitrogens with two attached hydrogens (primary N) is 2. The van der Waals surface area contributed by atoms with Gasteiger partial charge in [0.25, 0.3) is 0 Å². The zero-order chi connectivity index (χ0) is 69.3. The first kappa shape index (κ1) is 76.6. The summed E-state index contributed by atoms with van der Waals surface area (Å²) in [6.45, 7) is 12.2. The standard InChI is InChI=1S/C66H102N14O14/c1-37(2)31-45-57(85)73-47(33-41-19-11-9-12-20-41)65(93)79-29-17-25-51(79)61(89)75-50(36-82)60(88)78-54(40(7)8)64(92)70-44(24-16-28-68)56(84)72-46(32-38(3)4)58(86)74-48(34-42-21-13-10-14-22-42)66(94)80-30-18-26-52(80)62(90)76-49(35-81)59(87)77-53(39(5)6)63(91)69-43(23-15-27-67)55(83)71-45/h9-14,19-22,37-40,43-54,81-82H,15-18,23-36,67-68H2,1-8H3,(H,69,91)(H,70,92)(H,71,83)(H,72,84)(H,73,85)(H,74,86)(H,75,89)(H,76,90)(H,77,87)(H,78,88)/t43-,44-,45-,46-,47+,48+,49+,50+,51-,52-,53-,54-/m0/s1. The zero-order valence-corrected chi connectivity index (χ0v) is 55.6. The van der Waals surface area contributed by atoms with E-state index in [0.717, 1.165) is 0 Å². The fourth-order valence-corrected chi connectivity index (χ4v) is 11.8. The Labute approximate surface area is 550 Å². The van der Waals surface area contributed by atoms with Crippen LogP contribution in [0.4, 0.5) is 0 Å². The third-order valence-corrected chi connectivity index (χ3v) is 16.9. The van der Waals surface area contributed by atoms with E-state index in [2.05, 4.69) is 53.2 Å². The molecule has 3 heterocycles. The Balaban J connectivity index is 1.57. The second-order valence-electron chi connectivity index (χ2n) is 26.2. The van der Waals surface area contributed by atoms with Crippen molar-refractivity contribution in [2.24, 2.45) is 35.1 Å². The Morgan fingerprint density at radius 1 is 0.394 bits per heavy atom. The summed E-state index contributed by atoms with van der Waals surface area (Å²) >= 11 is 0. The van der Waals surface area contributed by atoms with Crippen LogP contribution in [0.1, 0.15) is 131 Å². The van der Waals surface area contributed by atoms with Gasteiger partial charge in [-0.15, -0.1) is 0 Å². The second-order valence-corrected chi connectivity index (χ2v) is 26.2. The maximum absolute atomic E-state index is 14.9. The van der Waals surface area contributed by atoms with Crippen LogP contribution in [-0.2, 0) is 70.4 Å². The van der Waals surface area contributed by atoms with Gasteiger partial charge in [-0.3, -0.25) is 57.5 Å². The molecule has 0 saturated carbocycles. The average Bonchev–Trinajstić information content (AvgIpc) is 1.65. The van der Waals surface area contributed by atoms with Crippen molar-refractivity contribution in [3.8, 4) is 0 Å². The van der Waals surface area contributed by atoms with Crippen LogP contribution in [0.25, 0.3) is 0 Å². The third-order valence-electron chi connectivity index (χ3n) is 16.9. The van der Waals surface area contributed by atoms with E-state index in [-0.39, 0.29) is 102 Å². The molecule has 28 heteroatoms. The predicted molar refractivity (Wildman–Crippen MR) is 348 cm³/mol. The van der Waals surface area contributed by atoms with Crippen molar-refractivity contribution >= 4 is 70.9 Å². The van der Waals surface area contributed by atoms with Crippen LogP contribution in [0.5, 0.6) is 0 Å². The minimum atomic E-state index is -1.65. The summed E-state index contributed by atoms with van der Waals surface area (Å²) in [7, 11) is 0. The van der Waals surface area contributed by atoms with Gasteiger partial charge in [-0.1, -0.05) is 116 Å². The predicted octanol–water partition coefficient (Wildman–Crippen LogP) is -1.82. The number of hydrogen-bond acceptors (Lipinski definition) is 16. The van der Waals surface area contributed by atoms with E-state index in [0.29, 0.717) is 24.0 Å². The van der Waals surface area contributed by atoms with Crippen molar-refractivity contribution in [2.75, 3.05) is 39.4 Å². The quantitative estimate of drug-likeness (QED) is 0.0782. The number of hydrogen-bond donors (Lipinski definition) is 14. The third kappa shape index (κ3) is 22.6. The number of nitrogens with one attached hydrogen (secondary N) is 10. The normalized spacial score (nSPS) is 26.9. The van der Waals surface area contributed by atoms with E-state index in [1.54, 1.807) is 88.4 Å². The first-order chi connectivity index (χ1) is 44.7. The molecule has 3 saturated heterocycles. The van der Waals surface area contributed by atoms with Crippen LogP contribution in [0.2, 0.25) is 0 Å². The molecule has 5 rings (SSSR count). The van der Waals surface area contributed by atoms with Gasteiger partial charge in [0, 0.05) is 25.9 Å². The SMILES string of the molecule is CC(C)C[C@@H]1NC(=O)[C@H](CCCN)NC(=O)[C@H](C(C)C)NC(=O)[C@@H](CO)NC(=O)[C@@H]2CCCN2C(=O)[C@@H](Cc2ccccc2)NC(=O)[C@H](CC(C)C)NC(=O)[C@H](CCCN)NC(=O)[C@H](C(C)C)NC(=O)[C@@H](CO)NC(=O)[C@@H]2CCCN2C(=O)[C@@H](Cc2ccccc2)NC1=O. The topological polar surface area (TPSA) is 424 Å². The van der Waals surface area contributed by atoms with Gasteiger partial charge in [0.15, 0.2) is 0 Å². The van der Waals surface area contributed by atoms with Crippen molar-refractivity contribution in [2.45, 2.75) is 205 Å². The van der Waals surface area contributed by atoms with Gasteiger partial charge in [0.05, 0.1) is 13.2 Å². The molecule has 520 valence electrons. The number of aliphatic hydroxyl groups excluding tert-OH is 2. The summed E-state index contributed by atoms with van der Waals surface area (Å²) in [4.78, 5) is 176. The number of aliphatic hydroxyl groups is 2. The fourth-order valence-electron chi connectivity index (χ4n) is 11.8. The highest BCUT2D eigenvalue weighted by molar-refractivity contribution is 6.00. The molecule has 0 spiro atoms. The van der Waals surface area contributed by atoms with E-state index in [1.807, 2.05) is 27.7 Å². The molecule has 0 aliphatic carbocycles. The van der Waals surface area contributed by atoms with E-state index in [1.165, 1.54) is 9.80 Å². The summed E-state index contributed by atoms with van der Waals surface area (Å²) in [5.74, 6) is -11.4. The number of rotatable bonds is 18. The minimum absolute atomic E-state index is 0.0181. The zero-order valence-electron chi connectivity index (χ0n) is 55.6. The minimum Gasteiger partial charge on any atom is -0.394 e. The number of amides is 12. The van der Waals surface area contributed by atoms with Gasteiger partial charge in [-0.2, -0.15) is 0 Å². The second kappa shape index (κ2) is 37.7. The molecule has 12 amide bonds. The first-order valence-corrected chi connectivity index (χ1v) is 33.1. The number of carbonyl (C=O) groups is 12. The van der Waals surface area contributed by atoms with Gasteiger partial charge in [0.2, 0.25) is 70.9 Å². The van der Waals surface area contributed by atoms with Crippen molar-refractivity contribution < 1.29 is 67.7 Å². The van der Waals surface area contributed by atoms with Crippen LogP contribution >= 0.6 is 0 Å².